The molecular weight excluding hydrogens is 270 g/mol. The Morgan fingerprint density at radius 3 is 2.33 bits per heavy atom. The second-order valence-electron chi connectivity index (χ2n) is 5.79. The number of nitriles is 1. The number of non-ortho nitro benzene ring substituents is 1. The predicted octanol–water partition coefficient (Wildman–Crippen LogP) is 2.84. The Balaban J connectivity index is 2.90. The van der Waals surface area contributed by atoms with E-state index >= 15 is 0 Å². The van der Waals surface area contributed by atoms with Crippen LogP contribution in [0.25, 0.3) is 0 Å². The van der Waals surface area contributed by atoms with Crippen LogP contribution in [0.15, 0.2) is 24.3 Å². The van der Waals surface area contributed by atoms with E-state index in [1.54, 1.807) is 0 Å². The van der Waals surface area contributed by atoms with Crippen LogP contribution in [0.3, 0.4) is 0 Å². The van der Waals surface area contributed by atoms with Gasteiger partial charge in [-0.05, 0) is 24.5 Å². The van der Waals surface area contributed by atoms with Crippen LogP contribution in [0.4, 0.5) is 11.4 Å². The molecule has 112 valence electrons. The molecule has 21 heavy (non-hydrogen) atoms. The number of nitro benzene ring substituents is 1. The lowest BCUT2D eigenvalue weighted by Crippen LogP contribution is -2.47. The summed E-state index contributed by atoms with van der Waals surface area (Å²) in [5, 5.41) is 30.8. The van der Waals surface area contributed by atoms with Gasteiger partial charge in [-0.25, -0.2) is 4.90 Å². The molecule has 1 unspecified atom stereocenters. The molecule has 0 fully saturated rings. The second kappa shape index (κ2) is 6.22. The molecule has 0 radical (unpaired) electrons. The Hall–Kier alpha value is -2.62. The Morgan fingerprint density at radius 2 is 1.95 bits per heavy atom. The van der Waals surface area contributed by atoms with E-state index in [9.17, 15) is 15.4 Å². The van der Waals surface area contributed by atoms with Gasteiger partial charge in [-0.3, -0.25) is 15.5 Å². The minimum atomic E-state index is -0.508. The highest BCUT2D eigenvalue weighted by molar-refractivity contribution is 5.96. The van der Waals surface area contributed by atoms with Crippen molar-refractivity contribution in [3.63, 3.8) is 0 Å². The normalized spacial score (nSPS) is 12.1. The maximum atomic E-state index is 10.6. The van der Waals surface area contributed by atoms with Crippen LogP contribution in [0.2, 0.25) is 0 Å². The molecule has 1 aromatic carbocycles. The Kier molecular flexibility index (Phi) is 4.87. The molecule has 0 amide bonds. The predicted molar refractivity (Wildman–Crippen MR) is 81.0 cm³/mol. The quantitative estimate of drug-likeness (QED) is 0.222. The van der Waals surface area contributed by atoms with Gasteiger partial charge < -0.3 is 5.32 Å². The summed E-state index contributed by atoms with van der Waals surface area (Å²) in [7, 11) is 0. The van der Waals surface area contributed by atoms with E-state index < -0.39 is 4.92 Å². The summed E-state index contributed by atoms with van der Waals surface area (Å²) in [5.41, 5.74) is 0.281. The molecule has 0 aliphatic rings. The van der Waals surface area contributed by atoms with Crippen LogP contribution >= 0.6 is 0 Å². The van der Waals surface area contributed by atoms with Crippen molar-refractivity contribution in [1.29, 1.82) is 10.7 Å². The summed E-state index contributed by atoms with van der Waals surface area (Å²) in [6, 6.07) is 5.48. The maximum Gasteiger partial charge on any atom is 0.269 e. The van der Waals surface area contributed by atoms with Crippen LogP contribution in [0, 0.1) is 32.4 Å². The van der Waals surface area contributed by atoms with Gasteiger partial charge in [-0.15, -0.1) is 0 Å². The van der Waals surface area contributed by atoms with E-state index in [2.05, 4.69) is 5.32 Å². The fraction of sp³-hybridized carbons (Fsp3) is 0.429. The number of anilines is 1. The van der Waals surface area contributed by atoms with Crippen LogP contribution in [0.5, 0.6) is 0 Å². The van der Waals surface area contributed by atoms with Crippen molar-refractivity contribution in [2.24, 2.45) is 5.41 Å². The largest absolute Gasteiger partial charge is 0.352 e. The van der Waals surface area contributed by atoms with Crippen molar-refractivity contribution in [1.82, 2.24) is 5.32 Å². The zero-order valence-corrected chi connectivity index (χ0v) is 12.5. The Bertz CT molecular complexity index is 569. The summed E-state index contributed by atoms with van der Waals surface area (Å²) in [6.45, 7) is 8.02. The van der Waals surface area contributed by atoms with Gasteiger partial charge >= 0.3 is 0 Å². The second-order valence-corrected chi connectivity index (χ2v) is 5.79. The number of nitro groups is 1. The first-order valence-electron chi connectivity index (χ1n) is 6.46. The third kappa shape index (κ3) is 4.18. The van der Waals surface area contributed by atoms with Crippen molar-refractivity contribution in [3.05, 3.63) is 34.4 Å². The fourth-order valence-corrected chi connectivity index (χ4v) is 1.45. The summed E-state index contributed by atoms with van der Waals surface area (Å²) >= 11 is 0. The molecule has 0 spiro atoms. The van der Waals surface area contributed by atoms with Crippen LogP contribution in [-0.4, -0.2) is 16.9 Å². The monoisotopic (exact) mass is 289 g/mol. The molecule has 0 aliphatic heterocycles. The molecule has 1 aromatic rings. The van der Waals surface area contributed by atoms with Crippen molar-refractivity contribution in [2.45, 2.75) is 33.7 Å². The maximum absolute atomic E-state index is 10.6. The van der Waals surface area contributed by atoms with E-state index in [0.717, 1.165) is 4.90 Å². The van der Waals surface area contributed by atoms with Crippen molar-refractivity contribution >= 4 is 17.3 Å². The molecule has 2 N–H and O–H groups in total. The fourth-order valence-electron chi connectivity index (χ4n) is 1.45. The van der Waals surface area contributed by atoms with Gasteiger partial charge in [0.2, 0.25) is 5.96 Å². The van der Waals surface area contributed by atoms with Gasteiger partial charge in [-0.2, -0.15) is 5.26 Å². The van der Waals surface area contributed by atoms with Gasteiger partial charge in [0.15, 0.2) is 6.19 Å². The zero-order valence-electron chi connectivity index (χ0n) is 12.5. The topological polar surface area (TPSA) is 106 Å². The van der Waals surface area contributed by atoms with Crippen molar-refractivity contribution in [3.8, 4) is 6.19 Å². The van der Waals surface area contributed by atoms with Gasteiger partial charge in [-0.1, -0.05) is 20.8 Å². The van der Waals surface area contributed by atoms with E-state index in [0.29, 0.717) is 5.69 Å². The minimum absolute atomic E-state index is 0.0149. The summed E-state index contributed by atoms with van der Waals surface area (Å²) < 4.78 is 0. The third-order valence-electron chi connectivity index (χ3n) is 3.29. The van der Waals surface area contributed by atoms with E-state index in [1.165, 1.54) is 24.3 Å². The number of rotatable bonds is 3. The van der Waals surface area contributed by atoms with E-state index in [1.807, 2.05) is 33.9 Å². The molecular formula is C14H19N5O2. The molecule has 7 nitrogen and oxygen atoms in total. The summed E-state index contributed by atoms with van der Waals surface area (Å²) in [5.74, 6) is -0.0613. The van der Waals surface area contributed by atoms with Gasteiger partial charge in [0.25, 0.3) is 5.69 Å². The van der Waals surface area contributed by atoms with E-state index in [4.69, 9.17) is 5.41 Å². The standard InChI is InChI=1S/C14H19N5O2/c1-10(14(2,3)4)17-13(16)18(9-15)11-5-7-12(8-6-11)19(20)21/h5-8,10H,1-4H3,(H2,16,17). The highest BCUT2D eigenvalue weighted by atomic mass is 16.6. The Morgan fingerprint density at radius 1 is 1.43 bits per heavy atom. The first kappa shape index (κ1) is 16.4. The summed E-state index contributed by atoms with van der Waals surface area (Å²) in [4.78, 5) is 11.2. The lowest BCUT2D eigenvalue weighted by atomic mass is 9.88. The van der Waals surface area contributed by atoms with Gasteiger partial charge in [0.1, 0.15) is 0 Å². The smallest absolute Gasteiger partial charge is 0.269 e. The number of hydrogen-bond donors (Lipinski definition) is 2. The van der Waals surface area contributed by atoms with Crippen LogP contribution in [-0.2, 0) is 0 Å². The molecule has 0 aliphatic carbocycles. The average molecular weight is 289 g/mol. The first-order valence-corrected chi connectivity index (χ1v) is 6.46. The van der Waals surface area contributed by atoms with Crippen LogP contribution in [0.1, 0.15) is 27.7 Å². The van der Waals surface area contributed by atoms with Crippen molar-refractivity contribution in [2.75, 3.05) is 4.90 Å². The van der Waals surface area contributed by atoms with Crippen molar-refractivity contribution < 1.29 is 4.92 Å². The van der Waals surface area contributed by atoms with Gasteiger partial charge in [0, 0.05) is 18.2 Å². The zero-order chi connectivity index (χ0) is 16.2. The number of nitrogens with zero attached hydrogens (tertiary/aromatic N) is 3. The lowest BCUT2D eigenvalue weighted by molar-refractivity contribution is -0.384. The molecule has 0 saturated carbocycles. The molecule has 0 heterocycles. The first-order chi connectivity index (χ1) is 9.66. The molecule has 1 rings (SSSR count). The number of hydrogen-bond acceptors (Lipinski definition) is 4. The molecule has 7 heteroatoms. The molecule has 1 atom stereocenters. The third-order valence-corrected chi connectivity index (χ3v) is 3.29. The highest BCUT2D eigenvalue weighted by Crippen LogP contribution is 2.21. The molecule has 0 aromatic heterocycles. The SMILES string of the molecule is CC(NC(=N)N(C#N)c1ccc([N+](=O)[O-])cc1)C(C)(C)C. The van der Waals surface area contributed by atoms with Gasteiger partial charge in [0.05, 0.1) is 10.6 Å². The number of benzene rings is 1. The number of guanidine groups is 1. The highest BCUT2D eigenvalue weighted by Gasteiger charge is 2.23. The van der Waals surface area contributed by atoms with E-state index in [-0.39, 0.29) is 23.1 Å². The lowest BCUT2D eigenvalue weighted by Gasteiger charge is -2.30. The molecule has 0 bridgehead atoms. The summed E-state index contributed by atoms with van der Waals surface area (Å²) in [6.07, 6.45) is 1.90. The number of nitrogens with one attached hydrogen (secondary N) is 2. The Labute approximate surface area is 123 Å². The minimum Gasteiger partial charge on any atom is -0.352 e. The average Bonchev–Trinajstić information content (AvgIpc) is 2.39. The molecule has 0 saturated heterocycles. The van der Waals surface area contributed by atoms with Crippen LogP contribution < -0.4 is 10.2 Å².